The molecule has 0 atom stereocenters. The van der Waals surface area contributed by atoms with Gasteiger partial charge in [-0.15, -0.1) is 11.3 Å². The zero-order valence-corrected chi connectivity index (χ0v) is 15.6. The summed E-state index contributed by atoms with van der Waals surface area (Å²) in [6, 6.07) is 3.91. The molecule has 1 amide bonds. The molecule has 9 heteroatoms. The molecule has 1 N–H and O–H groups in total. The van der Waals surface area contributed by atoms with Crippen LogP contribution in [0.25, 0.3) is 5.82 Å². The minimum Gasteiger partial charge on any atom is -0.355 e. The Morgan fingerprint density at radius 2 is 1.92 bits per heavy atom. The fourth-order valence-corrected chi connectivity index (χ4v) is 3.61. The van der Waals surface area contributed by atoms with Crippen LogP contribution in [0.4, 0.5) is 10.9 Å². The van der Waals surface area contributed by atoms with Crippen molar-refractivity contribution in [3.05, 3.63) is 40.9 Å². The first-order valence-corrected chi connectivity index (χ1v) is 9.15. The van der Waals surface area contributed by atoms with Crippen LogP contribution in [0, 0.1) is 26.7 Å². The Bertz CT molecular complexity index is 958. The number of aromatic nitrogens is 5. The molecule has 1 aliphatic heterocycles. The molecule has 3 aromatic heterocycles. The summed E-state index contributed by atoms with van der Waals surface area (Å²) < 4.78 is 1.80. The third-order valence-corrected chi connectivity index (χ3v) is 5.12. The number of hydrogen-bond donors (Lipinski definition) is 1. The second-order valence-electron chi connectivity index (χ2n) is 6.44. The van der Waals surface area contributed by atoms with E-state index < -0.39 is 0 Å². The summed E-state index contributed by atoms with van der Waals surface area (Å²) in [5.74, 6) is 1.47. The largest absolute Gasteiger partial charge is 0.355 e. The zero-order valence-electron chi connectivity index (χ0n) is 14.8. The van der Waals surface area contributed by atoms with Crippen LogP contribution >= 0.6 is 11.3 Å². The highest BCUT2D eigenvalue weighted by Crippen LogP contribution is 2.26. The van der Waals surface area contributed by atoms with Gasteiger partial charge < -0.3 is 10.2 Å². The molecule has 1 fully saturated rings. The molecule has 3 aromatic rings. The standard InChI is InChI=1S/C17H19N7OS/c1-10-4-11(2)24(22-10)15-5-14(19-9-20-15)23-7-13(8-23)16(25)21-17-18-6-12(3)26-17/h4-6,9,13H,7-8H2,1-3H3,(H,18,21,25). The topological polar surface area (TPSA) is 88.8 Å². The fraction of sp³-hybridized carbons (Fsp3) is 0.353. The van der Waals surface area contributed by atoms with Crippen LogP contribution in [0.2, 0.25) is 0 Å². The van der Waals surface area contributed by atoms with Crippen molar-refractivity contribution < 1.29 is 4.79 Å². The van der Waals surface area contributed by atoms with E-state index >= 15 is 0 Å². The maximum atomic E-state index is 12.3. The average molecular weight is 369 g/mol. The Kier molecular flexibility index (Phi) is 4.15. The number of anilines is 2. The summed E-state index contributed by atoms with van der Waals surface area (Å²) in [5.41, 5.74) is 1.97. The highest BCUT2D eigenvalue weighted by atomic mass is 32.1. The molecule has 0 saturated carbocycles. The monoisotopic (exact) mass is 369 g/mol. The summed E-state index contributed by atoms with van der Waals surface area (Å²) in [5, 5.41) is 7.99. The van der Waals surface area contributed by atoms with Gasteiger partial charge in [-0.25, -0.2) is 19.6 Å². The summed E-state index contributed by atoms with van der Waals surface area (Å²) in [7, 11) is 0. The second-order valence-corrected chi connectivity index (χ2v) is 7.68. The first-order valence-electron chi connectivity index (χ1n) is 8.33. The number of nitrogens with one attached hydrogen (secondary N) is 1. The van der Waals surface area contributed by atoms with E-state index in [9.17, 15) is 4.79 Å². The molecule has 0 radical (unpaired) electrons. The molecule has 134 valence electrons. The van der Waals surface area contributed by atoms with Crippen molar-refractivity contribution >= 4 is 28.2 Å². The van der Waals surface area contributed by atoms with Gasteiger partial charge >= 0.3 is 0 Å². The van der Waals surface area contributed by atoms with Crippen molar-refractivity contribution in [3.63, 3.8) is 0 Å². The first-order chi connectivity index (χ1) is 12.5. The van der Waals surface area contributed by atoms with Crippen LogP contribution in [-0.4, -0.2) is 43.7 Å². The summed E-state index contributed by atoms with van der Waals surface area (Å²) in [4.78, 5) is 28.3. The Morgan fingerprint density at radius 1 is 1.15 bits per heavy atom. The van der Waals surface area contributed by atoms with Crippen LogP contribution < -0.4 is 10.2 Å². The van der Waals surface area contributed by atoms with E-state index in [2.05, 4.69) is 30.3 Å². The predicted octanol–water partition coefficient (Wildman–Crippen LogP) is 2.12. The number of nitrogens with zero attached hydrogens (tertiary/aromatic N) is 6. The number of aryl methyl sites for hydroxylation is 3. The van der Waals surface area contributed by atoms with E-state index in [1.54, 1.807) is 10.9 Å². The molecule has 4 heterocycles. The first kappa shape index (κ1) is 16.6. The lowest BCUT2D eigenvalue weighted by Gasteiger charge is -2.38. The lowest BCUT2D eigenvalue weighted by molar-refractivity contribution is -0.120. The van der Waals surface area contributed by atoms with Crippen molar-refractivity contribution in [3.8, 4) is 5.82 Å². The SMILES string of the molecule is Cc1cc(C)n(-c2cc(N3CC(C(=O)Nc4ncc(C)s4)C3)ncn2)n1. The van der Waals surface area contributed by atoms with Gasteiger partial charge in [0.2, 0.25) is 5.91 Å². The van der Waals surface area contributed by atoms with Gasteiger partial charge in [-0.05, 0) is 26.8 Å². The van der Waals surface area contributed by atoms with E-state index in [0.717, 1.165) is 27.9 Å². The smallest absolute Gasteiger partial charge is 0.232 e. The third-order valence-electron chi connectivity index (χ3n) is 4.29. The molecule has 0 aliphatic carbocycles. The van der Waals surface area contributed by atoms with Crippen LogP contribution in [0.5, 0.6) is 0 Å². The number of carbonyl (C=O) groups is 1. The molecule has 8 nitrogen and oxygen atoms in total. The minimum atomic E-state index is -0.0636. The highest BCUT2D eigenvalue weighted by molar-refractivity contribution is 7.15. The van der Waals surface area contributed by atoms with Gasteiger partial charge in [0.25, 0.3) is 0 Å². The van der Waals surface area contributed by atoms with Crippen molar-refractivity contribution in [2.24, 2.45) is 5.92 Å². The van der Waals surface area contributed by atoms with E-state index in [4.69, 9.17) is 0 Å². The normalized spacial score (nSPS) is 14.3. The van der Waals surface area contributed by atoms with Crippen molar-refractivity contribution in [1.82, 2.24) is 24.7 Å². The molecule has 1 aliphatic rings. The van der Waals surface area contributed by atoms with Crippen LogP contribution in [0.1, 0.15) is 16.3 Å². The molecular weight excluding hydrogens is 350 g/mol. The maximum absolute atomic E-state index is 12.3. The number of thiazole rings is 1. The third kappa shape index (κ3) is 3.17. The molecular formula is C17H19N7OS. The number of rotatable bonds is 4. The Balaban J connectivity index is 1.42. The molecule has 0 unspecified atom stereocenters. The molecule has 0 aromatic carbocycles. The summed E-state index contributed by atoms with van der Waals surface area (Å²) in [6.07, 6.45) is 3.29. The van der Waals surface area contributed by atoms with E-state index in [1.807, 2.05) is 32.9 Å². The van der Waals surface area contributed by atoms with Crippen molar-refractivity contribution in [1.29, 1.82) is 0 Å². The van der Waals surface area contributed by atoms with E-state index in [-0.39, 0.29) is 11.8 Å². The molecule has 26 heavy (non-hydrogen) atoms. The van der Waals surface area contributed by atoms with Gasteiger partial charge in [0.05, 0.1) is 11.6 Å². The Hall–Kier alpha value is -2.81. The lowest BCUT2D eigenvalue weighted by Crippen LogP contribution is -2.52. The molecule has 0 spiro atoms. The van der Waals surface area contributed by atoms with Crippen LogP contribution in [0.15, 0.2) is 24.7 Å². The van der Waals surface area contributed by atoms with E-state index in [1.165, 1.54) is 17.7 Å². The van der Waals surface area contributed by atoms with Gasteiger partial charge in [0.15, 0.2) is 10.9 Å². The number of amides is 1. The lowest BCUT2D eigenvalue weighted by atomic mass is 9.99. The van der Waals surface area contributed by atoms with Crippen molar-refractivity contribution in [2.75, 3.05) is 23.3 Å². The molecule has 1 saturated heterocycles. The fourth-order valence-electron chi connectivity index (χ4n) is 2.94. The number of hydrogen-bond acceptors (Lipinski definition) is 7. The predicted molar refractivity (Wildman–Crippen MR) is 99.8 cm³/mol. The van der Waals surface area contributed by atoms with Crippen LogP contribution in [0.3, 0.4) is 0 Å². The van der Waals surface area contributed by atoms with Crippen LogP contribution in [-0.2, 0) is 4.79 Å². The van der Waals surface area contributed by atoms with Gasteiger partial charge in [-0.3, -0.25) is 4.79 Å². The van der Waals surface area contributed by atoms with Gasteiger partial charge in [-0.2, -0.15) is 5.10 Å². The quantitative estimate of drug-likeness (QED) is 0.758. The molecule has 0 bridgehead atoms. The number of carbonyl (C=O) groups excluding carboxylic acids is 1. The Labute approximate surface area is 154 Å². The summed E-state index contributed by atoms with van der Waals surface area (Å²) in [6.45, 7) is 7.17. The highest BCUT2D eigenvalue weighted by Gasteiger charge is 2.34. The zero-order chi connectivity index (χ0) is 18.3. The van der Waals surface area contributed by atoms with Gasteiger partial charge in [0, 0.05) is 35.9 Å². The second kappa shape index (κ2) is 6.49. The van der Waals surface area contributed by atoms with Gasteiger partial charge in [0.1, 0.15) is 12.1 Å². The minimum absolute atomic E-state index is 0.00317. The van der Waals surface area contributed by atoms with E-state index in [0.29, 0.717) is 18.2 Å². The molecule has 4 rings (SSSR count). The average Bonchev–Trinajstić information content (AvgIpc) is 3.11. The van der Waals surface area contributed by atoms with Gasteiger partial charge in [-0.1, -0.05) is 0 Å². The maximum Gasteiger partial charge on any atom is 0.232 e. The Morgan fingerprint density at radius 3 is 2.58 bits per heavy atom. The van der Waals surface area contributed by atoms with Crippen molar-refractivity contribution in [2.45, 2.75) is 20.8 Å². The summed E-state index contributed by atoms with van der Waals surface area (Å²) >= 11 is 1.48.